The third-order valence-electron chi connectivity index (χ3n) is 11.9. The van der Waals surface area contributed by atoms with E-state index in [1.807, 2.05) is 60.7 Å². The molecule has 7 rings (SSSR count). The molecule has 0 radical (unpaired) electrons. The van der Waals surface area contributed by atoms with Gasteiger partial charge in [-0.3, -0.25) is 0 Å². The summed E-state index contributed by atoms with van der Waals surface area (Å²) in [6, 6.07) is 27.5. The number of fused-ring (bicyclic) bond motifs is 3. The van der Waals surface area contributed by atoms with E-state index in [2.05, 4.69) is 49.6 Å². The number of hydrogen-bond donors (Lipinski definition) is 0. The lowest BCUT2D eigenvalue weighted by atomic mass is 9.66. The molecule has 0 bridgehead atoms. The Morgan fingerprint density at radius 2 is 1.62 bits per heavy atom. The van der Waals surface area contributed by atoms with Crippen LogP contribution in [0.25, 0.3) is 0 Å². The van der Waals surface area contributed by atoms with E-state index in [-0.39, 0.29) is 23.4 Å². The minimum absolute atomic E-state index is 0.183. The normalized spacial score (nSPS) is 21.7. The van der Waals surface area contributed by atoms with E-state index in [9.17, 15) is 8.42 Å². The smallest absolute Gasteiger partial charge is 0.243 e. The Hall–Kier alpha value is -4.27. The van der Waals surface area contributed by atoms with Crippen molar-refractivity contribution in [3.63, 3.8) is 0 Å². The molecule has 7 nitrogen and oxygen atoms in total. The Kier molecular flexibility index (Phi) is 10.4. The average molecular weight is 721 g/mol. The summed E-state index contributed by atoms with van der Waals surface area (Å²) in [5, 5.41) is 0. The molecule has 274 valence electrons. The minimum Gasteiger partial charge on any atom is -0.497 e. The number of sulfonamides is 1. The Bertz CT molecular complexity index is 1940. The standard InChI is InChI=1S/C44H52N2O5S/c1-6-32(3)40-20-14-36(40)28-45-29-44(23-7-8-35-24-31(2)9-21-41(35)44)30-51-43-22-19-39(25-42(43)45)52(47,48)46(26-33-10-15-37(49-4)16-11-33)27-34-12-17-38(50-5)18-13-34/h6,9-13,15-19,21-22,24-25,32,36,40H,1,7-8,14,20,23,26-30H2,2-5H3/t32?,36-,40-,44-/m0/s1. The molecule has 0 saturated heterocycles. The molecule has 4 atom stereocenters. The molecule has 1 unspecified atom stereocenters. The van der Waals surface area contributed by atoms with E-state index < -0.39 is 10.0 Å². The van der Waals surface area contributed by atoms with Crippen LogP contribution in [0, 0.1) is 24.7 Å². The third kappa shape index (κ3) is 7.20. The molecule has 1 heterocycles. The maximum Gasteiger partial charge on any atom is 0.243 e. The summed E-state index contributed by atoms with van der Waals surface area (Å²) < 4.78 is 48.7. The molecule has 2 aliphatic carbocycles. The topological polar surface area (TPSA) is 68.3 Å². The van der Waals surface area contributed by atoms with Crippen molar-refractivity contribution < 1.29 is 22.6 Å². The summed E-state index contributed by atoms with van der Waals surface area (Å²) in [6.07, 6.45) is 7.66. The minimum atomic E-state index is -3.96. The van der Waals surface area contributed by atoms with Crippen molar-refractivity contribution in [2.75, 3.05) is 38.8 Å². The molecule has 1 spiro atoms. The van der Waals surface area contributed by atoms with Crippen LogP contribution < -0.4 is 19.1 Å². The number of benzene rings is 4. The largest absolute Gasteiger partial charge is 0.497 e. The third-order valence-corrected chi connectivity index (χ3v) is 13.6. The van der Waals surface area contributed by atoms with Gasteiger partial charge in [0.25, 0.3) is 0 Å². The van der Waals surface area contributed by atoms with Gasteiger partial charge in [-0.2, -0.15) is 4.31 Å². The second-order valence-corrected chi connectivity index (χ2v) is 17.1. The van der Waals surface area contributed by atoms with Gasteiger partial charge < -0.3 is 19.1 Å². The fourth-order valence-corrected chi connectivity index (χ4v) is 10.1. The second-order valence-electron chi connectivity index (χ2n) is 15.2. The number of allylic oxidation sites excluding steroid dienone is 1. The molecular weight excluding hydrogens is 669 g/mol. The van der Waals surface area contributed by atoms with Crippen molar-refractivity contribution in [2.24, 2.45) is 17.8 Å². The van der Waals surface area contributed by atoms with Crippen LogP contribution in [0.2, 0.25) is 0 Å². The van der Waals surface area contributed by atoms with Gasteiger partial charge in [-0.15, -0.1) is 6.58 Å². The number of rotatable bonds is 12. The number of nitrogens with zero attached hydrogens (tertiary/aromatic N) is 2. The molecule has 1 saturated carbocycles. The highest BCUT2D eigenvalue weighted by molar-refractivity contribution is 7.89. The average Bonchev–Trinajstić information content (AvgIpc) is 3.30. The van der Waals surface area contributed by atoms with Crippen LogP contribution in [0.1, 0.15) is 60.4 Å². The fraction of sp³-hybridized carbons (Fsp3) is 0.409. The highest BCUT2D eigenvalue weighted by atomic mass is 32.2. The quantitative estimate of drug-likeness (QED) is 0.137. The van der Waals surface area contributed by atoms with Gasteiger partial charge in [-0.25, -0.2) is 8.42 Å². The lowest BCUT2D eigenvalue weighted by molar-refractivity contribution is 0.137. The molecule has 1 fully saturated rings. The van der Waals surface area contributed by atoms with Gasteiger partial charge in [0.1, 0.15) is 17.2 Å². The van der Waals surface area contributed by atoms with Crippen molar-refractivity contribution in [3.8, 4) is 17.2 Å². The molecule has 1 aliphatic heterocycles. The first-order chi connectivity index (χ1) is 25.1. The Labute approximate surface area is 310 Å². The van der Waals surface area contributed by atoms with Gasteiger partial charge in [0, 0.05) is 31.6 Å². The lowest BCUT2D eigenvalue weighted by Crippen LogP contribution is -2.49. The van der Waals surface area contributed by atoms with E-state index in [0.29, 0.717) is 24.4 Å². The fourth-order valence-electron chi connectivity index (χ4n) is 8.63. The van der Waals surface area contributed by atoms with E-state index in [1.54, 1.807) is 24.6 Å². The van der Waals surface area contributed by atoms with Gasteiger partial charge in [0.2, 0.25) is 10.0 Å². The summed E-state index contributed by atoms with van der Waals surface area (Å²) in [6.45, 7) is 11.2. The van der Waals surface area contributed by atoms with Crippen molar-refractivity contribution in [1.29, 1.82) is 0 Å². The van der Waals surface area contributed by atoms with Crippen molar-refractivity contribution in [1.82, 2.24) is 4.31 Å². The number of aryl methyl sites for hydroxylation is 2. The van der Waals surface area contributed by atoms with Gasteiger partial charge in [-0.1, -0.05) is 61.0 Å². The van der Waals surface area contributed by atoms with Crippen molar-refractivity contribution in [3.05, 3.63) is 125 Å². The lowest BCUT2D eigenvalue weighted by Gasteiger charge is -2.46. The Morgan fingerprint density at radius 1 is 0.942 bits per heavy atom. The van der Waals surface area contributed by atoms with Crippen LogP contribution in [-0.4, -0.2) is 46.6 Å². The molecular formula is C44H52N2O5S. The number of hydrogen-bond acceptors (Lipinski definition) is 6. The van der Waals surface area contributed by atoms with E-state index in [0.717, 1.165) is 72.8 Å². The van der Waals surface area contributed by atoms with Gasteiger partial charge in [0.15, 0.2) is 0 Å². The molecule has 3 aliphatic rings. The first-order valence-electron chi connectivity index (χ1n) is 18.6. The summed E-state index contributed by atoms with van der Waals surface area (Å²) in [7, 11) is -0.704. The van der Waals surface area contributed by atoms with Gasteiger partial charge in [0.05, 0.1) is 31.4 Å². The highest BCUT2D eigenvalue weighted by Gasteiger charge is 2.44. The monoisotopic (exact) mass is 720 g/mol. The first kappa shape index (κ1) is 36.1. The van der Waals surface area contributed by atoms with E-state index in [1.165, 1.54) is 23.1 Å². The maximum atomic E-state index is 14.8. The van der Waals surface area contributed by atoms with Crippen molar-refractivity contribution >= 4 is 15.7 Å². The van der Waals surface area contributed by atoms with E-state index >= 15 is 0 Å². The summed E-state index contributed by atoms with van der Waals surface area (Å²) >= 11 is 0. The maximum absolute atomic E-state index is 14.8. The number of methoxy groups -OCH3 is 2. The zero-order valence-corrected chi connectivity index (χ0v) is 31.8. The van der Waals surface area contributed by atoms with Crippen LogP contribution in [0.15, 0.2) is 102 Å². The molecule has 4 aromatic rings. The summed E-state index contributed by atoms with van der Waals surface area (Å²) in [5.74, 6) is 3.70. The zero-order chi connectivity index (χ0) is 36.5. The number of ether oxygens (including phenoxy) is 3. The number of anilines is 1. The molecule has 8 heteroatoms. The zero-order valence-electron chi connectivity index (χ0n) is 31.0. The second kappa shape index (κ2) is 15.0. The van der Waals surface area contributed by atoms with Crippen LogP contribution in [0.3, 0.4) is 0 Å². The van der Waals surface area contributed by atoms with Crippen LogP contribution in [0.4, 0.5) is 5.69 Å². The molecule has 52 heavy (non-hydrogen) atoms. The molecule has 0 N–H and O–H groups in total. The van der Waals surface area contributed by atoms with E-state index in [4.69, 9.17) is 14.2 Å². The SMILES string of the molecule is C=CC(C)[C@@H]1CC[C@H]1CN1C[C@@]2(CCCc3cc(C)ccc32)COc2ccc(S(=O)(=O)N(Cc3ccc(OC)cc3)Cc3ccc(OC)cc3)cc21. The predicted octanol–water partition coefficient (Wildman–Crippen LogP) is 8.72. The van der Waals surface area contributed by atoms with Crippen molar-refractivity contribution in [2.45, 2.75) is 69.4 Å². The Balaban J connectivity index is 1.27. The molecule has 4 aromatic carbocycles. The predicted molar refractivity (Wildman–Crippen MR) is 208 cm³/mol. The van der Waals surface area contributed by atoms with Crippen LogP contribution >= 0.6 is 0 Å². The van der Waals surface area contributed by atoms with Crippen LogP contribution in [-0.2, 0) is 34.9 Å². The summed E-state index contributed by atoms with van der Waals surface area (Å²) in [4.78, 5) is 2.74. The van der Waals surface area contributed by atoms with Crippen LogP contribution in [0.5, 0.6) is 17.2 Å². The highest BCUT2D eigenvalue weighted by Crippen LogP contribution is 2.47. The van der Waals surface area contributed by atoms with Gasteiger partial charge in [-0.05, 0) is 121 Å². The Morgan fingerprint density at radius 3 is 2.21 bits per heavy atom. The molecule has 0 aromatic heterocycles. The molecule has 0 amide bonds. The first-order valence-corrected chi connectivity index (χ1v) is 20.1. The summed E-state index contributed by atoms with van der Waals surface area (Å²) in [5.41, 5.74) is 6.50. The van der Waals surface area contributed by atoms with Gasteiger partial charge >= 0.3 is 0 Å².